The third-order valence-electron chi connectivity index (χ3n) is 0.408. The van der Waals surface area contributed by atoms with E-state index in [9.17, 15) is 0 Å². The topological polar surface area (TPSA) is 213 Å². The molecule has 0 saturated carbocycles. The molecule has 22 heavy (non-hydrogen) atoms. The van der Waals surface area contributed by atoms with Crippen LogP contribution in [0.15, 0.2) is 0 Å². The van der Waals surface area contributed by atoms with E-state index in [4.69, 9.17) is 51.1 Å². The third kappa shape index (κ3) is 53800. The zero-order valence-corrected chi connectivity index (χ0v) is 14.0. The molecule has 0 rings (SSSR count). The fraction of sp³-hybridized carbons (Fsp3) is 0.636. The number of carbonyl (C=O) groups is 4. The van der Waals surface area contributed by atoms with Gasteiger partial charge >= 0.3 is 17.1 Å². The molecule has 0 aliphatic rings. The second-order valence-electron chi connectivity index (χ2n) is 2.90. The zero-order chi connectivity index (χ0) is 18.4. The Hall–Kier alpha value is -1.68. The molecule has 0 radical (unpaired) electrons. The van der Waals surface area contributed by atoms with Crippen LogP contribution in [0.2, 0.25) is 0 Å². The molecule has 0 aromatic carbocycles. The van der Waals surface area contributed by atoms with Crippen molar-refractivity contribution < 1.29 is 56.7 Å². The Balaban J connectivity index is -0.0000000361. The smallest absolute Gasteiger partial charge is 0.550 e. The number of carboxylic acid groups (broad SMARTS) is 4. The van der Waals surface area contributed by atoms with E-state index in [0.29, 0.717) is 0 Å². The molecule has 0 aliphatic heterocycles. The van der Waals surface area contributed by atoms with Crippen molar-refractivity contribution in [3.8, 4) is 0 Å². The van der Waals surface area contributed by atoms with Crippen LogP contribution in [-0.2, 0) is 36.2 Å². The molecular formula is C11H22FeN2O8. The molecule has 10 nitrogen and oxygen atoms in total. The summed E-state index contributed by atoms with van der Waals surface area (Å²) in [5, 5.41) is 35.6. The largest absolute Gasteiger partial charge is 4.00 e. The molecule has 0 spiro atoms. The van der Waals surface area contributed by atoms with E-state index in [1.54, 1.807) is 0 Å². The SMILES string of the molecule is CC(=O)[O-].CC(=O)[O-].CC(=O)[O-].CC(=O)[O-].NCCCN.[Fe+4]. The van der Waals surface area contributed by atoms with E-state index in [0.717, 1.165) is 47.2 Å². The summed E-state index contributed by atoms with van der Waals surface area (Å²) in [4.78, 5) is 35.6. The minimum Gasteiger partial charge on any atom is -0.550 e. The first kappa shape index (κ1) is 37.0. The number of hydrogen-bond donors (Lipinski definition) is 2. The van der Waals surface area contributed by atoms with Crippen molar-refractivity contribution >= 4 is 23.9 Å². The van der Waals surface area contributed by atoms with Gasteiger partial charge in [0.05, 0.1) is 0 Å². The number of carboxylic acids is 4. The standard InChI is InChI=1S/C3H10N2.4C2H4O2.Fe/c4-2-1-3-5;4*1-2(3)4;/h1-5H2;4*1H3,(H,3,4);/q;;;;;+4/p-4. The van der Waals surface area contributed by atoms with Crippen LogP contribution >= 0.6 is 0 Å². The maximum absolute atomic E-state index is 8.89. The average Bonchev–Trinajstić information content (AvgIpc) is 2.14. The predicted octanol–water partition coefficient (Wildman–Crippen LogP) is -5.68. The third-order valence-corrected chi connectivity index (χ3v) is 0.408. The van der Waals surface area contributed by atoms with Gasteiger partial charge in [-0.1, -0.05) is 0 Å². The zero-order valence-electron chi connectivity index (χ0n) is 12.9. The Labute approximate surface area is 140 Å². The van der Waals surface area contributed by atoms with Crippen LogP contribution in [0.5, 0.6) is 0 Å². The van der Waals surface area contributed by atoms with Crippen LogP contribution in [0.25, 0.3) is 0 Å². The average molecular weight is 366 g/mol. The van der Waals surface area contributed by atoms with Gasteiger partial charge in [-0.2, -0.15) is 0 Å². The van der Waals surface area contributed by atoms with Crippen LogP contribution in [0, 0.1) is 0 Å². The van der Waals surface area contributed by atoms with E-state index in [1.165, 1.54) is 0 Å². The minimum absolute atomic E-state index is 0. The minimum atomic E-state index is -1.08. The Kier molecular flexibility index (Phi) is 61.4. The molecule has 0 bridgehead atoms. The fourth-order valence-electron chi connectivity index (χ4n) is 0.118. The van der Waals surface area contributed by atoms with Crippen molar-refractivity contribution in [3.05, 3.63) is 0 Å². The molecule has 0 aromatic rings. The summed E-state index contributed by atoms with van der Waals surface area (Å²) in [7, 11) is 0. The Morgan fingerprint density at radius 3 is 0.727 bits per heavy atom. The van der Waals surface area contributed by atoms with Gasteiger partial charge in [-0.05, 0) is 47.2 Å². The van der Waals surface area contributed by atoms with Crippen LogP contribution in [0.4, 0.5) is 0 Å². The second kappa shape index (κ2) is 36.5. The molecule has 11 heteroatoms. The van der Waals surface area contributed by atoms with Gasteiger partial charge in [-0.15, -0.1) is 0 Å². The van der Waals surface area contributed by atoms with Gasteiger partial charge in [-0.3, -0.25) is 0 Å². The van der Waals surface area contributed by atoms with Gasteiger partial charge in [0.1, 0.15) is 0 Å². The van der Waals surface area contributed by atoms with Crippen molar-refractivity contribution in [2.45, 2.75) is 34.1 Å². The number of hydrogen-bond acceptors (Lipinski definition) is 10. The molecule has 4 N–H and O–H groups in total. The maximum Gasteiger partial charge on any atom is 4.00 e. The summed E-state index contributed by atoms with van der Waals surface area (Å²) >= 11 is 0. The van der Waals surface area contributed by atoms with E-state index in [2.05, 4.69) is 0 Å². The molecule has 0 amide bonds. The van der Waals surface area contributed by atoms with Gasteiger partial charge in [0.2, 0.25) is 0 Å². The molecule has 132 valence electrons. The number of aliphatic carboxylic acids is 4. The van der Waals surface area contributed by atoms with Crippen molar-refractivity contribution in [1.82, 2.24) is 0 Å². The van der Waals surface area contributed by atoms with Gasteiger partial charge in [0.25, 0.3) is 0 Å². The van der Waals surface area contributed by atoms with Crippen molar-refractivity contribution in [2.24, 2.45) is 11.5 Å². The van der Waals surface area contributed by atoms with Crippen molar-refractivity contribution in [3.63, 3.8) is 0 Å². The molecule has 0 fully saturated rings. The first-order chi connectivity index (χ1) is 9.34. The Bertz CT molecular complexity index is 209. The molecule has 0 heterocycles. The van der Waals surface area contributed by atoms with Crippen molar-refractivity contribution in [2.75, 3.05) is 13.1 Å². The Morgan fingerprint density at radius 1 is 0.636 bits per heavy atom. The first-order valence-corrected chi connectivity index (χ1v) is 5.45. The summed E-state index contributed by atoms with van der Waals surface area (Å²) in [6, 6.07) is 0. The summed E-state index contributed by atoms with van der Waals surface area (Å²) in [6.45, 7) is 5.33. The summed E-state index contributed by atoms with van der Waals surface area (Å²) < 4.78 is 0. The van der Waals surface area contributed by atoms with E-state index >= 15 is 0 Å². The van der Waals surface area contributed by atoms with Crippen molar-refractivity contribution in [1.29, 1.82) is 0 Å². The van der Waals surface area contributed by atoms with E-state index < -0.39 is 23.9 Å². The summed E-state index contributed by atoms with van der Waals surface area (Å²) in [5.41, 5.74) is 10.1. The molecular weight excluding hydrogens is 344 g/mol. The van der Waals surface area contributed by atoms with E-state index in [-0.39, 0.29) is 17.1 Å². The summed E-state index contributed by atoms with van der Waals surface area (Å²) in [6.07, 6.45) is 0.944. The predicted molar refractivity (Wildman–Crippen MR) is 65.4 cm³/mol. The molecule has 0 saturated heterocycles. The molecule has 0 atom stereocenters. The fourth-order valence-corrected chi connectivity index (χ4v) is 0.118. The van der Waals surface area contributed by atoms with E-state index in [1.807, 2.05) is 0 Å². The molecule has 0 unspecified atom stereocenters. The second-order valence-corrected chi connectivity index (χ2v) is 2.90. The van der Waals surface area contributed by atoms with Gasteiger partial charge in [0.15, 0.2) is 0 Å². The maximum atomic E-state index is 8.89. The first-order valence-electron chi connectivity index (χ1n) is 5.45. The number of carbonyl (C=O) groups excluding carboxylic acids is 4. The molecule has 0 aromatic heterocycles. The van der Waals surface area contributed by atoms with Gasteiger partial charge in [-0.25, -0.2) is 0 Å². The molecule has 0 aliphatic carbocycles. The summed E-state index contributed by atoms with van der Waals surface area (Å²) in [5.74, 6) is -4.33. The van der Waals surface area contributed by atoms with Crippen LogP contribution < -0.4 is 31.9 Å². The Morgan fingerprint density at radius 2 is 0.727 bits per heavy atom. The number of rotatable bonds is 2. The van der Waals surface area contributed by atoms with Crippen LogP contribution in [0.1, 0.15) is 34.1 Å². The quantitative estimate of drug-likeness (QED) is 0.442. The van der Waals surface area contributed by atoms with Gasteiger partial charge < -0.3 is 51.1 Å². The normalized spacial score (nSPS) is 6.45. The van der Waals surface area contributed by atoms with Crippen LogP contribution in [-0.4, -0.2) is 37.0 Å². The monoisotopic (exact) mass is 366 g/mol. The number of nitrogens with two attached hydrogens (primary N) is 2. The van der Waals surface area contributed by atoms with Gasteiger partial charge in [0, 0.05) is 23.9 Å². The van der Waals surface area contributed by atoms with Crippen LogP contribution in [0.3, 0.4) is 0 Å².